The lowest BCUT2D eigenvalue weighted by molar-refractivity contribution is -0.274. The first-order valence-corrected chi connectivity index (χ1v) is 9.36. The minimum Gasteiger partial charge on any atom is -0.475 e. The van der Waals surface area contributed by atoms with Gasteiger partial charge in [0.1, 0.15) is 5.75 Å². The van der Waals surface area contributed by atoms with Gasteiger partial charge in [0.2, 0.25) is 0 Å². The molecule has 4 rings (SSSR count). The number of nitrogens with zero attached hydrogens (tertiary/aromatic N) is 5. The Hall–Kier alpha value is -4.43. The van der Waals surface area contributed by atoms with Crippen LogP contribution in [-0.2, 0) is 11.8 Å². The molecule has 0 aliphatic heterocycles. The van der Waals surface area contributed by atoms with E-state index in [2.05, 4.69) is 30.0 Å². The van der Waals surface area contributed by atoms with Crippen LogP contribution in [0.4, 0.5) is 37.8 Å². The highest BCUT2D eigenvalue weighted by Crippen LogP contribution is 2.28. The van der Waals surface area contributed by atoms with E-state index in [1.807, 2.05) is 0 Å². The molecule has 0 bridgehead atoms. The molecule has 1 aromatic carbocycles. The molecule has 3 aromatic heterocycles. The van der Waals surface area contributed by atoms with Crippen LogP contribution in [0.15, 0.2) is 55.1 Å². The molecule has 0 amide bonds. The third kappa shape index (κ3) is 6.78. The van der Waals surface area contributed by atoms with Crippen molar-refractivity contribution in [3.63, 3.8) is 0 Å². The molecule has 184 valence electrons. The van der Waals surface area contributed by atoms with Gasteiger partial charge >= 0.3 is 18.5 Å². The molecule has 0 aliphatic rings. The molecule has 9 nitrogen and oxygen atoms in total. The van der Waals surface area contributed by atoms with E-state index in [1.54, 1.807) is 42.5 Å². The predicted octanol–water partition coefficient (Wildman–Crippen LogP) is 4.70. The summed E-state index contributed by atoms with van der Waals surface area (Å²) < 4.78 is 74.4. The summed E-state index contributed by atoms with van der Waals surface area (Å²) in [4.78, 5) is 26.2. The molecule has 35 heavy (non-hydrogen) atoms. The minimum atomic E-state index is -5.08. The van der Waals surface area contributed by atoms with Gasteiger partial charge in [0.05, 0.1) is 6.33 Å². The summed E-state index contributed by atoms with van der Waals surface area (Å²) in [6, 6.07) is 8.93. The van der Waals surface area contributed by atoms with Gasteiger partial charge in [-0.15, -0.1) is 13.2 Å². The molecule has 0 atom stereocenters. The maximum absolute atomic E-state index is 12.3. The first kappa shape index (κ1) is 25.2. The Morgan fingerprint density at radius 3 is 2.14 bits per heavy atom. The van der Waals surface area contributed by atoms with Crippen LogP contribution in [0, 0.1) is 0 Å². The van der Waals surface area contributed by atoms with Gasteiger partial charge in [-0.25, -0.2) is 19.7 Å². The van der Waals surface area contributed by atoms with Crippen molar-refractivity contribution in [1.82, 2.24) is 24.5 Å². The van der Waals surface area contributed by atoms with Gasteiger partial charge in [0, 0.05) is 30.7 Å². The molecule has 0 radical (unpaired) electrons. The van der Waals surface area contributed by atoms with Crippen molar-refractivity contribution >= 4 is 28.6 Å². The third-order valence-electron chi connectivity index (χ3n) is 4.09. The zero-order chi connectivity index (χ0) is 25.8. The lowest BCUT2D eigenvalue weighted by atomic mass is 10.2. The fourth-order valence-electron chi connectivity index (χ4n) is 2.60. The Kier molecular flexibility index (Phi) is 7.07. The maximum atomic E-state index is 12.3. The van der Waals surface area contributed by atoms with E-state index in [0.717, 1.165) is 5.69 Å². The SMILES string of the molecule is Cn1cnc2c(Nc3ccncc3)nc(-c3ccc(OC(F)(F)F)cc3)nc21.O=C(O)C(F)(F)F. The van der Waals surface area contributed by atoms with Crippen LogP contribution in [0.3, 0.4) is 0 Å². The number of anilines is 2. The zero-order valence-electron chi connectivity index (χ0n) is 17.5. The van der Waals surface area contributed by atoms with E-state index in [1.165, 1.54) is 24.3 Å². The van der Waals surface area contributed by atoms with Crippen LogP contribution < -0.4 is 10.1 Å². The zero-order valence-corrected chi connectivity index (χ0v) is 17.5. The Bertz CT molecular complexity index is 1310. The van der Waals surface area contributed by atoms with Crippen molar-refractivity contribution in [1.29, 1.82) is 0 Å². The van der Waals surface area contributed by atoms with Crippen LogP contribution in [0.5, 0.6) is 5.75 Å². The highest BCUT2D eigenvalue weighted by atomic mass is 19.4. The fraction of sp³-hybridized carbons (Fsp3) is 0.150. The average molecular weight is 500 g/mol. The number of aryl methyl sites for hydroxylation is 1. The number of ether oxygens (including phenoxy) is 1. The number of hydrogen-bond donors (Lipinski definition) is 2. The lowest BCUT2D eigenvalue weighted by Crippen LogP contribution is -2.21. The summed E-state index contributed by atoms with van der Waals surface area (Å²) >= 11 is 0. The van der Waals surface area contributed by atoms with Gasteiger partial charge in [0.15, 0.2) is 22.8 Å². The van der Waals surface area contributed by atoms with Crippen molar-refractivity contribution in [2.45, 2.75) is 12.5 Å². The molecule has 0 saturated carbocycles. The van der Waals surface area contributed by atoms with E-state index in [-0.39, 0.29) is 5.75 Å². The number of halogens is 6. The number of rotatable bonds is 4. The Labute approximate surface area is 192 Å². The van der Waals surface area contributed by atoms with Gasteiger partial charge in [0.25, 0.3) is 0 Å². The Morgan fingerprint density at radius 1 is 1.00 bits per heavy atom. The molecule has 15 heteroatoms. The topological polar surface area (TPSA) is 115 Å². The van der Waals surface area contributed by atoms with E-state index in [4.69, 9.17) is 9.90 Å². The first-order chi connectivity index (χ1) is 16.3. The van der Waals surface area contributed by atoms with Crippen LogP contribution in [0.2, 0.25) is 0 Å². The molecular formula is C20H14F6N6O3. The summed E-state index contributed by atoms with van der Waals surface area (Å²) in [7, 11) is 1.79. The number of carbonyl (C=O) groups is 1. The largest absolute Gasteiger partial charge is 0.573 e. The summed E-state index contributed by atoms with van der Waals surface area (Å²) in [6.07, 6.45) is -4.94. The number of carboxylic acid groups (broad SMARTS) is 1. The molecule has 4 aromatic rings. The number of alkyl halides is 6. The highest BCUT2D eigenvalue weighted by Gasteiger charge is 2.38. The minimum absolute atomic E-state index is 0.312. The Morgan fingerprint density at radius 2 is 1.60 bits per heavy atom. The number of benzene rings is 1. The highest BCUT2D eigenvalue weighted by molar-refractivity contribution is 5.87. The molecule has 0 spiro atoms. The molecule has 0 aliphatic carbocycles. The van der Waals surface area contributed by atoms with E-state index in [9.17, 15) is 26.3 Å². The van der Waals surface area contributed by atoms with Crippen molar-refractivity contribution in [3.8, 4) is 17.1 Å². The molecule has 0 fully saturated rings. The normalized spacial score (nSPS) is 11.5. The summed E-state index contributed by atoms with van der Waals surface area (Å²) in [5.74, 6) is -2.26. The first-order valence-electron chi connectivity index (χ1n) is 9.36. The van der Waals surface area contributed by atoms with E-state index in [0.29, 0.717) is 28.4 Å². The van der Waals surface area contributed by atoms with Crippen molar-refractivity contribution in [2.75, 3.05) is 5.32 Å². The van der Waals surface area contributed by atoms with Crippen LogP contribution in [0.25, 0.3) is 22.6 Å². The van der Waals surface area contributed by atoms with Crippen molar-refractivity contribution < 1.29 is 41.0 Å². The summed E-state index contributed by atoms with van der Waals surface area (Å²) in [5, 5.41) is 10.3. The molecule has 3 heterocycles. The quantitative estimate of drug-likeness (QED) is 0.388. The van der Waals surface area contributed by atoms with Gasteiger partial charge in [-0.2, -0.15) is 13.2 Å². The number of aliphatic carboxylic acids is 1. The molecular weight excluding hydrogens is 486 g/mol. The van der Waals surface area contributed by atoms with Gasteiger partial charge in [-0.1, -0.05) is 0 Å². The monoisotopic (exact) mass is 500 g/mol. The third-order valence-corrected chi connectivity index (χ3v) is 4.09. The standard InChI is InChI=1S/C18H13F3N6O.C2HF3O2/c1-27-10-23-14-16(24-12-6-8-22-9-7-12)25-15(26-17(14)27)11-2-4-13(5-3-11)28-18(19,20)21;3-2(4,5)1(6)7/h2-10H,1H3,(H,22,24,25,26);(H,6,7). The smallest absolute Gasteiger partial charge is 0.475 e. The van der Waals surface area contributed by atoms with Gasteiger partial charge < -0.3 is 19.7 Å². The van der Waals surface area contributed by atoms with E-state index < -0.39 is 18.5 Å². The number of aromatic nitrogens is 5. The molecule has 0 unspecified atom stereocenters. The van der Waals surface area contributed by atoms with Gasteiger partial charge in [-0.05, 0) is 36.4 Å². The number of pyridine rings is 1. The number of hydrogen-bond acceptors (Lipinski definition) is 7. The van der Waals surface area contributed by atoms with Crippen molar-refractivity contribution in [2.24, 2.45) is 7.05 Å². The van der Waals surface area contributed by atoms with E-state index >= 15 is 0 Å². The number of nitrogens with one attached hydrogen (secondary N) is 1. The maximum Gasteiger partial charge on any atom is 0.573 e. The number of imidazole rings is 1. The lowest BCUT2D eigenvalue weighted by Gasteiger charge is -2.10. The molecule has 2 N–H and O–H groups in total. The van der Waals surface area contributed by atoms with Crippen molar-refractivity contribution in [3.05, 3.63) is 55.1 Å². The van der Waals surface area contributed by atoms with Crippen LogP contribution in [-0.4, -0.2) is 48.1 Å². The average Bonchev–Trinajstić information content (AvgIpc) is 3.15. The second kappa shape index (κ2) is 9.82. The van der Waals surface area contributed by atoms with Crippen LogP contribution >= 0.6 is 0 Å². The Balaban J connectivity index is 0.000000429. The predicted molar refractivity (Wildman–Crippen MR) is 110 cm³/mol. The number of carboxylic acids is 1. The fourth-order valence-corrected chi connectivity index (χ4v) is 2.60. The summed E-state index contributed by atoms with van der Waals surface area (Å²) in [5.41, 5.74) is 2.45. The molecule has 0 saturated heterocycles. The second-order valence-electron chi connectivity index (χ2n) is 6.66. The summed E-state index contributed by atoms with van der Waals surface area (Å²) in [6.45, 7) is 0. The second-order valence-corrected chi connectivity index (χ2v) is 6.66. The van der Waals surface area contributed by atoms with Gasteiger partial charge in [-0.3, -0.25) is 4.98 Å². The number of fused-ring (bicyclic) bond motifs is 1. The van der Waals surface area contributed by atoms with Crippen LogP contribution in [0.1, 0.15) is 0 Å².